The number of rotatable bonds is 5. The summed E-state index contributed by atoms with van der Waals surface area (Å²) in [6.45, 7) is 7.65. The highest BCUT2D eigenvalue weighted by molar-refractivity contribution is 7.80. The quantitative estimate of drug-likeness (QED) is 0.518. The van der Waals surface area contributed by atoms with E-state index in [-0.39, 0.29) is 12.0 Å². The van der Waals surface area contributed by atoms with Crippen molar-refractivity contribution in [3.05, 3.63) is 54.4 Å². The Morgan fingerprint density at radius 3 is 2.43 bits per heavy atom. The second kappa shape index (κ2) is 10.7. The monoisotopic (exact) mass is 494 g/mol. The maximum absolute atomic E-state index is 13.1. The average Bonchev–Trinajstić information content (AvgIpc) is 3.23. The molecule has 1 aliphatic rings. The molecule has 0 radical (unpaired) electrons. The molecule has 3 aromatic rings. The van der Waals surface area contributed by atoms with Gasteiger partial charge in [0.05, 0.1) is 18.0 Å². The van der Waals surface area contributed by atoms with Crippen LogP contribution < -0.4 is 10.6 Å². The Balaban J connectivity index is 1.37. The van der Waals surface area contributed by atoms with Crippen LogP contribution in [0.25, 0.3) is 10.8 Å². The molecule has 0 spiro atoms. The normalized spacial score (nSPS) is 14.5. The fraction of sp³-hybridized carbons (Fsp3) is 0.360. The fourth-order valence-corrected chi connectivity index (χ4v) is 4.33. The Kier molecular flexibility index (Phi) is 7.50. The Morgan fingerprint density at radius 2 is 1.69 bits per heavy atom. The topological polar surface area (TPSA) is 91.7 Å². The number of amides is 2. The van der Waals surface area contributed by atoms with Crippen molar-refractivity contribution < 1.29 is 14.3 Å². The molecule has 1 aliphatic heterocycles. The summed E-state index contributed by atoms with van der Waals surface area (Å²) in [6, 6.07) is 13.6. The average molecular weight is 495 g/mol. The fourth-order valence-electron chi connectivity index (χ4n) is 4.11. The van der Waals surface area contributed by atoms with Gasteiger partial charge in [-0.15, -0.1) is 0 Å². The smallest absolute Gasteiger partial charge is 0.409 e. The largest absolute Gasteiger partial charge is 0.450 e. The van der Waals surface area contributed by atoms with Gasteiger partial charge in [0.2, 0.25) is 5.91 Å². The Morgan fingerprint density at radius 1 is 1.03 bits per heavy atom. The number of nitrogens with zero attached hydrogens (tertiary/aromatic N) is 4. The van der Waals surface area contributed by atoms with Crippen LogP contribution in [0.4, 0.5) is 16.2 Å². The van der Waals surface area contributed by atoms with Crippen molar-refractivity contribution in [1.29, 1.82) is 0 Å². The van der Waals surface area contributed by atoms with Gasteiger partial charge < -0.3 is 25.2 Å². The molecule has 35 heavy (non-hydrogen) atoms. The van der Waals surface area contributed by atoms with Crippen LogP contribution in [0, 0.1) is 6.92 Å². The molecular weight excluding hydrogens is 464 g/mol. The van der Waals surface area contributed by atoms with Gasteiger partial charge in [0.25, 0.3) is 0 Å². The van der Waals surface area contributed by atoms with Crippen molar-refractivity contribution in [2.24, 2.45) is 0 Å². The van der Waals surface area contributed by atoms with Crippen LogP contribution in [-0.4, -0.2) is 69.5 Å². The molecule has 1 fully saturated rings. The number of hydrogen-bond acceptors (Lipinski definition) is 5. The first-order valence-electron chi connectivity index (χ1n) is 11.7. The molecule has 10 heteroatoms. The van der Waals surface area contributed by atoms with Gasteiger partial charge in [-0.2, -0.15) is 5.10 Å². The highest BCUT2D eigenvalue weighted by Crippen LogP contribution is 2.24. The first-order valence-corrected chi connectivity index (χ1v) is 12.1. The predicted octanol–water partition coefficient (Wildman–Crippen LogP) is 4.02. The number of carbonyl (C=O) groups is 2. The van der Waals surface area contributed by atoms with Crippen LogP contribution in [0.5, 0.6) is 0 Å². The van der Waals surface area contributed by atoms with Crippen LogP contribution in [0.3, 0.4) is 0 Å². The van der Waals surface area contributed by atoms with Crippen LogP contribution in [0.1, 0.15) is 25.6 Å². The van der Waals surface area contributed by atoms with Crippen molar-refractivity contribution in [2.75, 3.05) is 43.4 Å². The number of fused-ring (bicyclic) bond motifs is 1. The van der Waals surface area contributed by atoms with Gasteiger partial charge in [0, 0.05) is 43.4 Å². The van der Waals surface area contributed by atoms with Crippen molar-refractivity contribution >= 4 is 51.5 Å². The van der Waals surface area contributed by atoms with E-state index < -0.39 is 6.04 Å². The number of ether oxygens (including phenoxy) is 1. The molecule has 2 amide bonds. The first-order chi connectivity index (χ1) is 16.9. The highest BCUT2D eigenvalue weighted by Gasteiger charge is 2.29. The van der Waals surface area contributed by atoms with Crippen LogP contribution >= 0.6 is 12.2 Å². The third kappa shape index (κ3) is 5.54. The lowest BCUT2D eigenvalue weighted by Crippen LogP contribution is -2.52. The summed E-state index contributed by atoms with van der Waals surface area (Å²) in [5.41, 5.74) is 2.38. The zero-order chi connectivity index (χ0) is 24.9. The van der Waals surface area contributed by atoms with Gasteiger partial charge in [-0.1, -0.05) is 36.4 Å². The summed E-state index contributed by atoms with van der Waals surface area (Å²) in [5, 5.41) is 13.6. The van der Waals surface area contributed by atoms with Crippen LogP contribution in [0.15, 0.2) is 48.7 Å². The zero-order valence-corrected chi connectivity index (χ0v) is 21.0. The maximum atomic E-state index is 13.1. The second-order valence-corrected chi connectivity index (χ2v) is 8.81. The van der Waals surface area contributed by atoms with E-state index in [2.05, 4.69) is 27.9 Å². The molecule has 1 atom stereocenters. The molecule has 2 N–H and O–H groups in total. The number of benzene rings is 2. The molecule has 9 nitrogen and oxygen atoms in total. The highest BCUT2D eigenvalue weighted by atomic mass is 32.1. The molecule has 2 heterocycles. The number of aryl methyl sites for hydroxylation is 1. The summed E-state index contributed by atoms with van der Waals surface area (Å²) in [5.74, 6) is -0.0426. The molecule has 0 saturated carbocycles. The summed E-state index contributed by atoms with van der Waals surface area (Å²) >= 11 is 5.54. The lowest BCUT2D eigenvalue weighted by molar-refractivity contribution is -0.136. The summed E-state index contributed by atoms with van der Waals surface area (Å²) in [6.07, 6.45) is 1.46. The molecule has 1 saturated heterocycles. The first kappa shape index (κ1) is 24.5. The van der Waals surface area contributed by atoms with Gasteiger partial charge in [0.1, 0.15) is 6.04 Å². The minimum Gasteiger partial charge on any atom is -0.450 e. The number of hydrogen-bond donors (Lipinski definition) is 2. The Hall–Kier alpha value is -3.66. The van der Waals surface area contributed by atoms with Crippen molar-refractivity contribution in [3.8, 4) is 0 Å². The maximum Gasteiger partial charge on any atom is 0.409 e. The van der Waals surface area contributed by atoms with E-state index >= 15 is 0 Å². The summed E-state index contributed by atoms with van der Waals surface area (Å²) in [7, 11) is 0. The second-order valence-electron chi connectivity index (χ2n) is 8.40. The number of piperazine rings is 1. The van der Waals surface area contributed by atoms with Gasteiger partial charge in [-0.05, 0) is 44.4 Å². The number of nitrogens with one attached hydrogen (secondary N) is 2. The van der Waals surface area contributed by atoms with Crippen molar-refractivity contribution in [1.82, 2.24) is 19.6 Å². The number of aromatic nitrogens is 2. The minimum absolute atomic E-state index is 0.0426. The third-order valence-corrected chi connectivity index (χ3v) is 6.28. The molecule has 0 aliphatic carbocycles. The van der Waals surface area contributed by atoms with Gasteiger partial charge in [0.15, 0.2) is 5.11 Å². The van der Waals surface area contributed by atoms with E-state index in [1.807, 2.05) is 44.2 Å². The molecular formula is C25H30N6O3S. The minimum atomic E-state index is -0.488. The standard InChI is InChI=1S/C25H30N6O3S/c1-4-34-25(33)30-14-12-29(13-15-30)23(32)18(3)31-16-22(17(2)28-31)27-24(35)26-21-11-7-9-19-8-5-6-10-20(19)21/h5-11,16,18H,4,12-15H2,1-3H3,(H2,26,27,35). The van der Waals surface area contributed by atoms with E-state index in [4.69, 9.17) is 17.0 Å². The van der Waals surface area contributed by atoms with E-state index in [0.717, 1.165) is 27.8 Å². The van der Waals surface area contributed by atoms with Gasteiger partial charge in [-0.3, -0.25) is 9.48 Å². The van der Waals surface area contributed by atoms with E-state index in [0.29, 0.717) is 37.9 Å². The lowest BCUT2D eigenvalue weighted by atomic mass is 10.1. The number of anilines is 2. The molecule has 1 unspecified atom stereocenters. The molecule has 184 valence electrons. The van der Waals surface area contributed by atoms with Crippen LogP contribution in [0.2, 0.25) is 0 Å². The lowest BCUT2D eigenvalue weighted by Gasteiger charge is -2.35. The van der Waals surface area contributed by atoms with E-state index in [1.54, 1.807) is 27.6 Å². The van der Waals surface area contributed by atoms with Crippen molar-refractivity contribution in [2.45, 2.75) is 26.8 Å². The number of carbonyl (C=O) groups excluding carboxylic acids is 2. The molecule has 1 aromatic heterocycles. The Bertz CT molecular complexity index is 1230. The van der Waals surface area contributed by atoms with E-state index in [1.165, 1.54) is 0 Å². The molecule has 4 rings (SSSR count). The zero-order valence-electron chi connectivity index (χ0n) is 20.2. The number of thiocarbonyl (C=S) groups is 1. The molecule has 0 bridgehead atoms. The Labute approximate surface area is 210 Å². The van der Waals surface area contributed by atoms with Gasteiger partial charge >= 0.3 is 6.09 Å². The van der Waals surface area contributed by atoms with E-state index in [9.17, 15) is 9.59 Å². The van der Waals surface area contributed by atoms with Gasteiger partial charge in [-0.25, -0.2) is 4.79 Å². The van der Waals surface area contributed by atoms with Crippen LogP contribution in [-0.2, 0) is 9.53 Å². The molecule has 2 aromatic carbocycles. The summed E-state index contributed by atoms with van der Waals surface area (Å²) < 4.78 is 6.70. The summed E-state index contributed by atoms with van der Waals surface area (Å²) in [4.78, 5) is 28.4. The third-order valence-electron chi connectivity index (χ3n) is 6.07. The van der Waals surface area contributed by atoms with Crippen molar-refractivity contribution in [3.63, 3.8) is 0 Å². The SMILES string of the molecule is CCOC(=O)N1CCN(C(=O)C(C)n2cc(NC(=S)Nc3cccc4ccccc34)c(C)n2)CC1. The predicted molar refractivity (Wildman–Crippen MR) is 141 cm³/mol.